The molecular weight excluding hydrogens is 674 g/mol. The quantitative estimate of drug-likeness (QED) is 0.127. The lowest BCUT2D eigenvalue weighted by Crippen LogP contribution is -2.51. The molecule has 1 aliphatic heterocycles. The van der Waals surface area contributed by atoms with Gasteiger partial charge in [-0.1, -0.05) is 75.2 Å². The van der Waals surface area contributed by atoms with Gasteiger partial charge >= 0.3 is 12.1 Å². The van der Waals surface area contributed by atoms with E-state index in [1.807, 2.05) is 24.9 Å². The number of amides is 3. The molecule has 3 amide bonds. The molecule has 1 saturated carbocycles. The van der Waals surface area contributed by atoms with Gasteiger partial charge in [-0.15, -0.1) is 0 Å². The number of likely N-dealkylation sites (tertiary alicyclic amines) is 1. The summed E-state index contributed by atoms with van der Waals surface area (Å²) in [6, 6.07) is 15.7. The summed E-state index contributed by atoms with van der Waals surface area (Å²) in [7, 11) is 1.29. The van der Waals surface area contributed by atoms with Crippen LogP contribution in [0.4, 0.5) is 4.79 Å². The molecule has 3 heterocycles. The summed E-state index contributed by atoms with van der Waals surface area (Å²) in [6.07, 6.45) is 8.23. The highest BCUT2D eigenvalue weighted by molar-refractivity contribution is 5.86. The van der Waals surface area contributed by atoms with E-state index in [0.29, 0.717) is 6.54 Å². The Morgan fingerprint density at radius 3 is 2.02 bits per heavy atom. The van der Waals surface area contributed by atoms with Crippen LogP contribution >= 0.6 is 0 Å². The van der Waals surface area contributed by atoms with Crippen molar-refractivity contribution in [2.24, 2.45) is 11.8 Å². The number of aromatic amines is 2. The van der Waals surface area contributed by atoms with Crippen LogP contribution in [-0.4, -0.2) is 81.6 Å². The molecule has 4 atom stereocenters. The van der Waals surface area contributed by atoms with E-state index in [1.165, 1.54) is 7.11 Å². The summed E-state index contributed by atoms with van der Waals surface area (Å²) in [5.74, 6) is 0.408. The fraction of sp³-hybridized carbons (Fsp3) is 0.450. The molecule has 0 radical (unpaired) electrons. The monoisotopic (exact) mass is 723 g/mol. The lowest BCUT2D eigenvalue weighted by molar-refractivity contribution is -0.144. The van der Waals surface area contributed by atoms with Crippen molar-refractivity contribution in [3.63, 3.8) is 0 Å². The molecule has 53 heavy (non-hydrogen) atoms. The Bertz CT molecular complexity index is 1880. The lowest BCUT2D eigenvalue weighted by Gasteiger charge is -2.30. The number of aromatic nitrogens is 4. The molecule has 2 fully saturated rings. The molecule has 0 spiro atoms. The third kappa shape index (κ3) is 8.61. The first kappa shape index (κ1) is 37.3. The first-order valence-corrected chi connectivity index (χ1v) is 18.6. The average Bonchev–Trinajstić information content (AvgIpc) is 3.98. The maximum absolute atomic E-state index is 13.5. The molecule has 280 valence electrons. The first-order chi connectivity index (χ1) is 25.7. The summed E-state index contributed by atoms with van der Waals surface area (Å²) in [6.45, 7) is 6.29. The molecular formula is C40H49N7O6. The van der Waals surface area contributed by atoms with Gasteiger partial charge in [0, 0.05) is 18.4 Å². The number of imidazole rings is 2. The molecule has 2 aromatic heterocycles. The van der Waals surface area contributed by atoms with Gasteiger partial charge in [-0.2, -0.15) is 0 Å². The molecule has 13 nitrogen and oxygen atoms in total. The maximum Gasteiger partial charge on any atom is 0.407 e. The van der Waals surface area contributed by atoms with Crippen molar-refractivity contribution in [2.75, 3.05) is 26.8 Å². The van der Waals surface area contributed by atoms with Gasteiger partial charge < -0.3 is 35.0 Å². The van der Waals surface area contributed by atoms with Crippen molar-refractivity contribution in [1.82, 2.24) is 35.5 Å². The SMILES string of the molecule is CCOC(=O)CNC(=O)C1CCCC[C@H]1c1ncc(-c2ccc(-c3ccc(-c4cnc(C5CCCN5C(=O)C(NC(=O)OC)C(C)C)[nH]4)cc3)cc2)[nH]1. The van der Waals surface area contributed by atoms with E-state index in [1.54, 1.807) is 13.1 Å². The fourth-order valence-electron chi connectivity index (χ4n) is 7.48. The molecule has 1 saturated heterocycles. The minimum Gasteiger partial charge on any atom is -0.465 e. The van der Waals surface area contributed by atoms with Gasteiger partial charge in [0.05, 0.1) is 43.5 Å². The fourth-order valence-corrected chi connectivity index (χ4v) is 7.48. The van der Waals surface area contributed by atoms with E-state index < -0.39 is 18.1 Å². The molecule has 13 heteroatoms. The van der Waals surface area contributed by atoms with Gasteiger partial charge in [0.25, 0.3) is 0 Å². The van der Waals surface area contributed by atoms with E-state index in [4.69, 9.17) is 9.47 Å². The number of nitrogens with one attached hydrogen (secondary N) is 4. The van der Waals surface area contributed by atoms with Crippen LogP contribution in [0.3, 0.4) is 0 Å². The second kappa shape index (κ2) is 16.9. The van der Waals surface area contributed by atoms with E-state index in [0.717, 1.165) is 83.8 Å². The van der Waals surface area contributed by atoms with Gasteiger partial charge in [-0.05, 0) is 60.8 Å². The van der Waals surface area contributed by atoms with Gasteiger partial charge in [0.15, 0.2) is 0 Å². The van der Waals surface area contributed by atoms with Crippen molar-refractivity contribution in [3.05, 3.63) is 72.6 Å². The van der Waals surface area contributed by atoms with Crippen molar-refractivity contribution in [3.8, 4) is 33.6 Å². The minimum absolute atomic E-state index is 0.0457. The molecule has 2 aromatic carbocycles. The van der Waals surface area contributed by atoms with Crippen LogP contribution < -0.4 is 10.6 Å². The van der Waals surface area contributed by atoms with Crippen LogP contribution in [0.5, 0.6) is 0 Å². The third-order valence-corrected chi connectivity index (χ3v) is 10.3. The zero-order valence-electron chi connectivity index (χ0n) is 30.8. The Balaban J connectivity index is 1.09. The van der Waals surface area contributed by atoms with Crippen LogP contribution in [0.25, 0.3) is 33.6 Å². The number of rotatable bonds is 12. The normalized spacial score (nSPS) is 19.1. The lowest BCUT2D eigenvalue weighted by atomic mass is 9.78. The standard InChI is InChI=1S/C40H49N7O6/c1-5-53-34(48)23-43-38(49)30-10-7-6-9-29(30)36-41-21-31(44-36)27-16-12-25(13-17-27)26-14-18-28(19-15-26)32-22-42-37(45-32)33-11-8-20-47(33)39(50)35(24(2)3)46-40(51)52-4/h12-19,21-22,24,29-30,33,35H,5-11,20,23H2,1-4H3,(H,41,44)(H,42,45)(H,43,49)(H,46,51)/t29-,30?,33?,35?/m1/s1. The van der Waals surface area contributed by atoms with Crippen LogP contribution in [0, 0.1) is 11.8 Å². The number of esters is 1. The summed E-state index contributed by atoms with van der Waals surface area (Å²) in [5.41, 5.74) is 5.85. The van der Waals surface area contributed by atoms with Crippen molar-refractivity contribution in [1.29, 1.82) is 0 Å². The second-order valence-corrected chi connectivity index (χ2v) is 14.1. The van der Waals surface area contributed by atoms with Gasteiger partial charge in [0.2, 0.25) is 11.8 Å². The van der Waals surface area contributed by atoms with Gasteiger partial charge in [-0.25, -0.2) is 14.8 Å². The Labute approximate surface area is 309 Å². The molecule has 4 aromatic rings. The topological polar surface area (TPSA) is 171 Å². The number of hydrogen-bond donors (Lipinski definition) is 4. The number of alkyl carbamates (subject to hydrolysis) is 1. The number of methoxy groups -OCH3 is 1. The van der Waals surface area contributed by atoms with Crippen LogP contribution in [-0.2, 0) is 23.9 Å². The van der Waals surface area contributed by atoms with Gasteiger partial charge in [0.1, 0.15) is 24.2 Å². The predicted octanol–water partition coefficient (Wildman–Crippen LogP) is 6.13. The van der Waals surface area contributed by atoms with Gasteiger partial charge in [-0.3, -0.25) is 14.4 Å². The highest BCUT2D eigenvalue weighted by Crippen LogP contribution is 2.38. The van der Waals surface area contributed by atoms with E-state index in [2.05, 4.69) is 79.1 Å². The average molecular weight is 724 g/mol. The number of H-pyrrole nitrogens is 2. The predicted molar refractivity (Wildman–Crippen MR) is 199 cm³/mol. The smallest absolute Gasteiger partial charge is 0.407 e. The van der Waals surface area contributed by atoms with Crippen LogP contribution in [0.15, 0.2) is 60.9 Å². The van der Waals surface area contributed by atoms with Crippen molar-refractivity contribution < 1.29 is 28.7 Å². The van der Waals surface area contributed by atoms with Crippen molar-refractivity contribution in [2.45, 2.75) is 77.3 Å². The Morgan fingerprint density at radius 2 is 1.42 bits per heavy atom. The number of nitrogens with zero attached hydrogens (tertiary/aromatic N) is 3. The summed E-state index contributed by atoms with van der Waals surface area (Å²) >= 11 is 0. The molecule has 3 unspecified atom stereocenters. The number of hydrogen-bond acceptors (Lipinski definition) is 8. The Kier molecular flexibility index (Phi) is 11.9. The van der Waals surface area contributed by atoms with Crippen LogP contribution in [0.2, 0.25) is 0 Å². The zero-order valence-corrected chi connectivity index (χ0v) is 30.8. The molecule has 6 rings (SSSR count). The molecule has 1 aliphatic carbocycles. The van der Waals surface area contributed by atoms with Crippen LogP contribution in [0.1, 0.15) is 82.9 Å². The number of ether oxygens (including phenoxy) is 2. The highest BCUT2D eigenvalue weighted by Gasteiger charge is 2.38. The largest absolute Gasteiger partial charge is 0.465 e. The summed E-state index contributed by atoms with van der Waals surface area (Å²) in [4.78, 5) is 68.3. The minimum atomic E-state index is -0.684. The summed E-state index contributed by atoms with van der Waals surface area (Å²) in [5, 5.41) is 5.45. The molecule has 4 N–H and O–H groups in total. The zero-order chi connectivity index (χ0) is 37.5. The maximum atomic E-state index is 13.5. The Morgan fingerprint density at radius 1 is 0.830 bits per heavy atom. The van der Waals surface area contributed by atoms with E-state index in [-0.39, 0.29) is 48.8 Å². The highest BCUT2D eigenvalue weighted by atomic mass is 16.5. The summed E-state index contributed by atoms with van der Waals surface area (Å²) < 4.78 is 9.70. The number of carbonyl (C=O) groups is 4. The molecule has 0 bridgehead atoms. The third-order valence-electron chi connectivity index (χ3n) is 10.3. The number of benzene rings is 2. The second-order valence-electron chi connectivity index (χ2n) is 14.1. The first-order valence-electron chi connectivity index (χ1n) is 18.6. The van der Waals surface area contributed by atoms with E-state index in [9.17, 15) is 19.2 Å². The van der Waals surface area contributed by atoms with E-state index >= 15 is 0 Å². The Hall–Kier alpha value is -5.46. The van der Waals surface area contributed by atoms with Crippen molar-refractivity contribution >= 4 is 23.9 Å². The number of carbonyl (C=O) groups excluding carboxylic acids is 4. The molecule has 2 aliphatic rings.